The number of fused-ring (bicyclic) bond motifs is 1. The molecule has 1 aromatic carbocycles. The van der Waals surface area contributed by atoms with Gasteiger partial charge in [0.25, 0.3) is 0 Å². The average molecular weight is 307 g/mol. The summed E-state index contributed by atoms with van der Waals surface area (Å²) in [5, 5.41) is 3.15. The van der Waals surface area contributed by atoms with Crippen LogP contribution in [-0.2, 0) is 17.3 Å². The fraction of sp³-hybridized carbons (Fsp3) is 0.286. The maximum atomic E-state index is 12.9. The lowest BCUT2D eigenvalue weighted by Gasteiger charge is -2.08. The fourth-order valence-electron chi connectivity index (χ4n) is 2.05. The van der Waals surface area contributed by atoms with Gasteiger partial charge in [0.15, 0.2) is 0 Å². The lowest BCUT2D eigenvalue weighted by Crippen LogP contribution is -2.05. The molecule has 104 valence electrons. The van der Waals surface area contributed by atoms with Crippen molar-refractivity contribution in [3.63, 3.8) is 0 Å². The fourth-order valence-corrected chi connectivity index (χ4v) is 3.85. The van der Waals surface area contributed by atoms with E-state index in [1.165, 1.54) is 17.7 Å². The molecule has 0 radical (unpaired) electrons. The van der Waals surface area contributed by atoms with Crippen LogP contribution in [0.5, 0.6) is 0 Å². The van der Waals surface area contributed by atoms with E-state index >= 15 is 0 Å². The molecule has 20 heavy (non-hydrogen) atoms. The summed E-state index contributed by atoms with van der Waals surface area (Å²) in [6.45, 7) is 0. The van der Waals surface area contributed by atoms with Gasteiger partial charge >= 0.3 is 0 Å². The molecule has 2 aromatic rings. The molecular weight excluding hydrogens is 293 g/mol. The molecule has 0 amide bonds. The largest absolute Gasteiger partial charge is 0.373 e. The zero-order chi connectivity index (χ0) is 13.9. The number of nitrogens with one attached hydrogen (secondary N) is 1. The van der Waals surface area contributed by atoms with Crippen molar-refractivity contribution in [3.05, 3.63) is 47.2 Å². The van der Waals surface area contributed by atoms with Crippen molar-refractivity contribution in [1.82, 2.24) is 9.97 Å². The molecule has 0 fully saturated rings. The number of thioether (sulfide) groups is 2. The van der Waals surface area contributed by atoms with E-state index in [-0.39, 0.29) is 5.82 Å². The molecule has 0 unspecified atom stereocenters. The number of aromatic nitrogens is 2. The number of benzene rings is 1. The molecule has 0 saturated heterocycles. The summed E-state index contributed by atoms with van der Waals surface area (Å²) in [7, 11) is 1.89. The molecule has 2 heterocycles. The third-order valence-electron chi connectivity index (χ3n) is 3.04. The second kappa shape index (κ2) is 6.01. The van der Waals surface area contributed by atoms with Crippen molar-refractivity contribution in [2.45, 2.75) is 22.2 Å². The lowest BCUT2D eigenvalue weighted by molar-refractivity contribution is 0.626. The molecule has 3 nitrogen and oxygen atoms in total. The first-order valence-electron chi connectivity index (χ1n) is 6.29. The average Bonchev–Trinajstić information content (AvgIpc) is 2.94. The van der Waals surface area contributed by atoms with E-state index in [9.17, 15) is 4.39 Å². The van der Waals surface area contributed by atoms with Crippen molar-refractivity contribution in [3.8, 4) is 0 Å². The van der Waals surface area contributed by atoms with Gasteiger partial charge < -0.3 is 5.32 Å². The number of anilines is 1. The van der Waals surface area contributed by atoms with Gasteiger partial charge in [-0.05, 0) is 24.3 Å². The first-order chi connectivity index (χ1) is 9.76. The lowest BCUT2D eigenvalue weighted by atomic mass is 10.2. The van der Waals surface area contributed by atoms with Gasteiger partial charge in [-0.15, -0.1) is 11.8 Å². The molecule has 0 bridgehead atoms. The second-order valence-electron chi connectivity index (χ2n) is 4.40. The van der Waals surface area contributed by atoms with Gasteiger partial charge in [0.1, 0.15) is 17.5 Å². The molecule has 1 aromatic heterocycles. The predicted molar refractivity (Wildman–Crippen MR) is 82.5 cm³/mol. The summed E-state index contributed by atoms with van der Waals surface area (Å²) in [6.07, 6.45) is 0. The maximum Gasteiger partial charge on any atom is 0.141 e. The highest BCUT2D eigenvalue weighted by Gasteiger charge is 2.19. The zero-order valence-electron chi connectivity index (χ0n) is 11.0. The van der Waals surface area contributed by atoms with Gasteiger partial charge in [0.05, 0.1) is 11.4 Å². The molecule has 0 aliphatic carbocycles. The minimum atomic E-state index is -0.211. The summed E-state index contributed by atoms with van der Waals surface area (Å²) >= 11 is 3.49. The normalized spacial score (nSPS) is 13.3. The van der Waals surface area contributed by atoms with Crippen LogP contribution in [0.25, 0.3) is 0 Å². The Kier molecular flexibility index (Phi) is 4.12. The van der Waals surface area contributed by atoms with E-state index in [1.807, 2.05) is 18.8 Å². The van der Waals surface area contributed by atoms with Crippen LogP contribution in [-0.4, -0.2) is 17.0 Å². The number of nitrogens with zero attached hydrogens (tertiary/aromatic N) is 2. The predicted octanol–water partition coefficient (Wildman–Crippen LogP) is 3.70. The van der Waals surface area contributed by atoms with Crippen molar-refractivity contribution in [1.29, 1.82) is 0 Å². The SMILES string of the molecule is CNc1nc(CSc2ccc(F)cc2)nc2c1CSC2. The highest BCUT2D eigenvalue weighted by Crippen LogP contribution is 2.33. The Morgan fingerprint density at radius 3 is 2.80 bits per heavy atom. The zero-order valence-corrected chi connectivity index (χ0v) is 12.7. The molecule has 0 saturated carbocycles. The van der Waals surface area contributed by atoms with Crippen LogP contribution in [0.4, 0.5) is 10.2 Å². The number of hydrogen-bond acceptors (Lipinski definition) is 5. The van der Waals surface area contributed by atoms with Crippen molar-refractivity contribution in [2.75, 3.05) is 12.4 Å². The van der Waals surface area contributed by atoms with E-state index in [0.717, 1.165) is 33.7 Å². The molecule has 3 rings (SSSR count). The maximum absolute atomic E-state index is 12.9. The van der Waals surface area contributed by atoms with Crippen LogP contribution in [0.2, 0.25) is 0 Å². The first kappa shape index (κ1) is 13.7. The molecule has 6 heteroatoms. The Morgan fingerprint density at radius 1 is 1.25 bits per heavy atom. The Balaban J connectivity index is 1.76. The minimum absolute atomic E-state index is 0.211. The molecule has 0 atom stereocenters. The molecular formula is C14H14FN3S2. The molecule has 1 aliphatic heterocycles. The number of hydrogen-bond donors (Lipinski definition) is 1. The van der Waals surface area contributed by atoms with Gasteiger partial charge in [-0.2, -0.15) is 11.8 Å². The summed E-state index contributed by atoms with van der Waals surface area (Å²) in [5.74, 6) is 4.19. The van der Waals surface area contributed by atoms with Gasteiger partial charge in [-0.3, -0.25) is 0 Å². The minimum Gasteiger partial charge on any atom is -0.373 e. The standard InChI is InChI=1S/C14H14FN3S2/c1-16-14-11-6-19-7-12(11)17-13(18-14)8-20-10-4-2-9(15)3-5-10/h2-5H,6-8H2,1H3,(H,16,17,18). The molecule has 0 spiro atoms. The van der Waals surface area contributed by atoms with Crippen LogP contribution < -0.4 is 5.32 Å². The smallest absolute Gasteiger partial charge is 0.141 e. The van der Waals surface area contributed by atoms with Crippen LogP contribution in [0.1, 0.15) is 17.1 Å². The second-order valence-corrected chi connectivity index (χ2v) is 6.43. The van der Waals surface area contributed by atoms with Gasteiger partial charge in [-0.1, -0.05) is 0 Å². The van der Waals surface area contributed by atoms with E-state index in [1.54, 1.807) is 23.9 Å². The van der Waals surface area contributed by atoms with Gasteiger partial charge in [0, 0.05) is 29.0 Å². The van der Waals surface area contributed by atoms with E-state index in [4.69, 9.17) is 0 Å². The van der Waals surface area contributed by atoms with Gasteiger partial charge in [0.2, 0.25) is 0 Å². The Labute approximate surface area is 125 Å². The van der Waals surface area contributed by atoms with Crippen molar-refractivity contribution < 1.29 is 4.39 Å². The van der Waals surface area contributed by atoms with Gasteiger partial charge in [-0.25, -0.2) is 14.4 Å². The summed E-state index contributed by atoms with van der Waals surface area (Å²) in [6, 6.07) is 6.51. The summed E-state index contributed by atoms with van der Waals surface area (Å²) in [5.41, 5.74) is 2.37. The van der Waals surface area contributed by atoms with Crippen LogP contribution in [0.15, 0.2) is 29.2 Å². The molecule has 1 N–H and O–H groups in total. The third kappa shape index (κ3) is 2.91. The number of rotatable bonds is 4. The summed E-state index contributed by atoms with van der Waals surface area (Å²) in [4.78, 5) is 10.2. The number of halogens is 1. The Bertz CT molecular complexity index is 617. The Hall–Kier alpha value is -1.27. The quantitative estimate of drug-likeness (QED) is 0.872. The first-order valence-corrected chi connectivity index (χ1v) is 8.43. The molecule has 1 aliphatic rings. The van der Waals surface area contributed by atoms with Crippen molar-refractivity contribution in [2.24, 2.45) is 0 Å². The van der Waals surface area contributed by atoms with E-state index in [2.05, 4.69) is 15.3 Å². The topological polar surface area (TPSA) is 37.8 Å². The monoisotopic (exact) mass is 307 g/mol. The summed E-state index contributed by atoms with van der Waals surface area (Å²) < 4.78 is 12.9. The Morgan fingerprint density at radius 2 is 2.05 bits per heavy atom. The van der Waals surface area contributed by atoms with Crippen molar-refractivity contribution >= 4 is 29.3 Å². The third-order valence-corrected chi connectivity index (χ3v) is 5.02. The van der Waals surface area contributed by atoms with Crippen LogP contribution in [0, 0.1) is 5.82 Å². The van der Waals surface area contributed by atoms with E-state index in [0.29, 0.717) is 5.75 Å². The highest BCUT2D eigenvalue weighted by molar-refractivity contribution is 7.98. The van der Waals surface area contributed by atoms with E-state index < -0.39 is 0 Å². The highest BCUT2D eigenvalue weighted by atomic mass is 32.2. The van der Waals surface area contributed by atoms with Crippen LogP contribution >= 0.6 is 23.5 Å². The van der Waals surface area contributed by atoms with Crippen LogP contribution in [0.3, 0.4) is 0 Å².